The highest BCUT2D eigenvalue weighted by atomic mass is 16.4. The number of likely N-dealkylation sites (tertiary alicyclic amines) is 1. The van der Waals surface area contributed by atoms with Gasteiger partial charge in [0.2, 0.25) is 5.89 Å². The van der Waals surface area contributed by atoms with Crippen LogP contribution in [0.2, 0.25) is 0 Å². The molecule has 0 bridgehead atoms. The van der Waals surface area contributed by atoms with Gasteiger partial charge in [-0.25, -0.2) is 4.98 Å². The van der Waals surface area contributed by atoms with Gasteiger partial charge in [-0.15, -0.1) is 0 Å². The van der Waals surface area contributed by atoms with Crippen LogP contribution in [0.25, 0.3) is 0 Å². The zero-order valence-corrected chi connectivity index (χ0v) is 8.57. The van der Waals surface area contributed by atoms with Crippen LogP contribution in [0.4, 0.5) is 0 Å². The Labute approximate surface area is 84.1 Å². The van der Waals surface area contributed by atoms with Gasteiger partial charge in [-0.1, -0.05) is 0 Å². The van der Waals surface area contributed by atoms with Crippen molar-refractivity contribution in [2.45, 2.75) is 25.3 Å². The summed E-state index contributed by atoms with van der Waals surface area (Å²) in [7, 11) is 2.15. The summed E-state index contributed by atoms with van der Waals surface area (Å²) in [5.74, 6) is 2.15. The van der Waals surface area contributed by atoms with Gasteiger partial charge in [-0.05, 0) is 26.4 Å². The number of hydrogen-bond acceptors (Lipinski definition) is 4. The second-order valence-electron chi connectivity index (χ2n) is 3.96. The van der Waals surface area contributed by atoms with Gasteiger partial charge in [0, 0.05) is 12.5 Å². The third-order valence-corrected chi connectivity index (χ3v) is 2.77. The van der Waals surface area contributed by atoms with Gasteiger partial charge in [-0.3, -0.25) is 0 Å². The van der Waals surface area contributed by atoms with E-state index >= 15 is 0 Å². The summed E-state index contributed by atoms with van der Waals surface area (Å²) in [6, 6.07) is 0. The molecule has 1 fully saturated rings. The summed E-state index contributed by atoms with van der Waals surface area (Å²) in [4.78, 5) is 6.46. The number of oxazole rings is 1. The Bertz CT molecular complexity index is 297. The van der Waals surface area contributed by atoms with E-state index in [1.165, 1.54) is 19.4 Å². The molecule has 1 aromatic rings. The van der Waals surface area contributed by atoms with Gasteiger partial charge < -0.3 is 15.1 Å². The highest BCUT2D eigenvalue weighted by molar-refractivity contribution is 5.04. The molecule has 0 aliphatic carbocycles. The first-order valence-electron chi connectivity index (χ1n) is 5.13. The normalized spacial score (nSPS) is 24.0. The molecule has 4 heteroatoms. The lowest BCUT2D eigenvalue weighted by molar-refractivity contribution is 0.232. The van der Waals surface area contributed by atoms with Crippen molar-refractivity contribution in [3.8, 4) is 0 Å². The number of likely N-dealkylation sites (N-methyl/N-ethyl adjacent to an activating group) is 1. The largest absolute Gasteiger partial charge is 0.444 e. The van der Waals surface area contributed by atoms with Gasteiger partial charge in [0.25, 0.3) is 0 Å². The first-order chi connectivity index (χ1) is 6.79. The van der Waals surface area contributed by atoms with E-state index < -0.39 is 0 Å². The van der Waals surface area contributed by atoms with Crippen LogP contribution in [0, 0.1) is 0 Å². The third kappa shape index (κ3) is 1.96. The first kappa shape index (κ1) is 9.68. The zero-order valence-electron chi connectivity index (χ0n) is 8.57. The molecule has 2 N–H and O–H groups in total. The summed E-state index contributed by atoms with van der Waals surface area (Å²) < 4.78 is 5.56. The molecule has 1 aliphatic heterocycles. The maximum Gasteiger partial charge on any atom is 0.208 e. The van der Waals surface area contributed by atoms with E-state index in [0.717, 1.165) is 12.3 Å². The Morgan fingerprint density at radius 1 is 1.71 bits per heavy atom. The van der Waals surface area contributed by atoms with Crippen LogP contribution in [-0.2, 0) is 6.54 Å². The fourth-order valence-electron chi connectivity index (χ4n) is 2.01. The topological polar surface area (TPSA) is 55.3 Å². The minimum Gasteiger partial charge on any atom is -0.444 e. The minimum absolute atomic E-state index is 0.391. The third-order valence-electron chi connectivity index (χ3n) is 2.77. The van der Waals surface area contributed by atoms with Crippen molar-refractivity contribution in [3.05, 3.63) is 17.8 Å². The Kier molecular flexibility index (Phi) is 2.84. The smallest absolute Gasteiger partial charge is 0.208 e. The summed E-state index contributed by atoms with van der Waals surface area (Å²) in [5, 5.41) is 0. The highest BCUT2D eigenvalue weighted by Gasteiger charge is 2.21. The maximum atomic E-state index is 5.56. The maximum absolute atomic E-state index is 5.56. The van der Waals surface area contributed by atoms with E-state index in [0.29, 0.717) is 18.4 Å². The van der Waals surface area contributed by atoms with Crippen LogP contribution in [0.5, 0.6) is 0 Å². The van der Waals surface area contributed by atoms with Gasteiger partial charge in [0.15, 0.2) is 0 Å². The van der Waals surface area contributed by atoms with E-state index in [1.54, 1.807) is 0 Å². The molecule has 1 aliphatic rings. The van der Waals surface area contributed by atoms with Crippen molar-refractivity contribution in [1.29, 1.82) is 0 Å². The molecule has 0 aromatic carbocycles. The zero-order chi connectivity index (χ0) is 9.97. The number of nitrogens with two attached hydrogens (primary N) is 1. The molecule has 1 saturated heterocycles. The molecular formula is C10H17N3O. The van der Waals surface area contributed by atoms with E-state index in [1.807, 2.05) is 6.20 Å². The predicted octanol–water partition coefficient (Wildman–Crippen LogP) is 0.943. The summed E-state index contributed by atoms with van der Waals surface area (Å²) >= 11 is 0. The molecule has 0 radical (unpaired) electrons. The second kappa shape index (κ2) is 4.11. The molecule has 2 rings (SSSR count). The highest BCUT2D eigenvalue weighted by Crippen LogP contribution is 2.26. The van der Waals surface area contributed by atoms with Crippen molar-refractivity contribution in [2.75, 3.05) is 20.1 Å². The number of piperidine rings is 1. The number of nitrogens with zero attached hydrogens (tertiary/aromatic N) is 2. The van der Waals surface area contributed by atoms with E-state index in [4.69, 9.17) is 10.2 Å². The Balaban J connectivity index is 2.06. The molecule has 0 saturated carbocycles. The number of hydrogen-bond donors (Lipinski definition) is 1. The molecule has 14 heavy (non-hydrogen) atoms. The lowest BCUT2D eigenvalue weighted by Gasteiger charge is -2.27. The van der Waals surface area contributed by atoms with Crippen molar-refractivity contribution in [3.63, 3.8) is 0 Å². The SMILES string of the molecule is CN1CCCC(c2cnc(CN)o2)C1. The fraction of sp³-hybridized carbons (Fsp3) is 0.700. The van der Waals surface area contributed by atoms with Crippen LogP contribution in [0.3, 0.4) is 0 Å². The molecule has 1 atom stereocenters. The van der Waals surface area contributed by atoms with Crippen LogP contribution < -0.4 is 5.73 Å². The second-order valence-corrected chi connectivity index (χ2v) is 3.96. The molecule has 0 spiro atoms. The van der Waals surface area contributed by atoms with Gasteiger partial charge in [0.1, 0.15) is 5.76 Å². The lowest BCUT2D eigenvalue weighted by atomic mass is 9.97. The van der Waals surface area contributed by atoms with Gasteiger partial charge in [0.05, 0.1) is 12.7 Å². The van der Waals surface area contributed by atoms with Crippen LogP contribution in [-0.4, -0.2) is 30.0 Å². The average Bonchev–Trinajstić information content (AvgIpc) is 2.66. The monoisotopic (exact) mass is 195 g/mol. The molecule has 0 amide bonds. The van der Waals surface area contributed by atoms with Gasteiger partial charge in [-0.2, -0.15) is 0 Å². The Morgan fingerprint density at radius 2 is 2.57 bits per heavy atom. The van der Waals surface area contributed by atoms with Crippen LogP contribution in [0.1, 0.15) is 30.4 Å². The Hall–Kier alpha value is -0.870. The van der Waals surface area contributed by atoms with E-state index in [-0.39, 0.29) is 0 Å². The molecule has 1 aromatic heterocycles. The van der Waals surface area contributed by atoms with E-state index in [2.05, 4.69) is 16.9 Å². The number of aromatic nitrogens is 1. The van der Waals surface area contributed by atoms with Crippen LogP contribution >= 0.6 is 0 Å². The summed E-state index contributed by atoms with van der Waals surface area (Å²) in [6.45, 7) is 2.65. The van der Waals surface area contributed by atoms with Crippen molar-refractivity contribution < 1.29 is 4.42 Å². The quantitative estimate of drug-likeness (QED) is 0.763. The molecular weight excluding hydrogens is 178 g/mol. The standard InChI is InChI=1S/C10H17N3O/c1-13-4-2-3-8(7-13)9-6-12-10(5-11)14-9/h6,8H,2-5,7,11H2,1H3. The summed E-state index contributed by atoms with van der Waals surface area (Å²) in [6.07, 6.45) is 4.26. The Morgan fingerprint density at radius 3 is 3.21 bits per heavy atom. The van der Waals surface area contributed by atoms with E-state index in [9.17, 15) is 0 Å². The number of rotatable bonds is 2. The van der Waals surface area contributed by atoms with Crippen molar-refractivity contribution in [2.24, 2.45) is 5.73 Å². The fourth-order valence-corrected chi connectivity index (χ4v) is 2.01. The average molecular weight is 195 g/mol. The van der Waals surface area contributed by atoms with Crippen molar-refractivity contribution >= 4 is 0 Å². The molecule has 1 unspecified atom stereocenters. The summed E-state index contributed by atoms with van der Waals surface area (Å²) in [5.41, 5.74) is 5.45. The first-order valence-corrected chi connectivity index (χ1v) is 5.13. The molecule has 78 valence electrons. The minimum atomic E-state index is 0.391. The molecule has 2 heterocycles. The van der Waals surface area contributed by atoms with Gasteiger partial charge >= 0.3 is 0 Å². The predicted molar refractivity (Wildman–Crippen MR) is 53.9 cm³/mol. The van der Waals surface area contributed by atoms with Crippen LogP contribution in [0.15, 0.2) is 10.6 Å². The van der Waals surface area contributed by atoms with Crippen molar-refractivity contribution in [1.82, 2.24) is 9.88 Å². The molecule has 4 nitrogen and oxygen atoms in total. The lowest BCUT2D eigenvalue weighted by Crippen LogP contribution is -2.30.